The van der Waals surface area contributed by atoms with E-state index in [-0.39, 0.29) is 6.04 Å². The van der Waals surface area contributed by atoms with Crippen LogP contribution in [0, 0.1) is 6.92 Å². The molecule has 2 N–H and O–H groups in total. The second-order valence-electron chi connectivity index (χ2n) is 3.31. The zero-order valence-electron chi connectivity index (χ0n) is 8.27. The highest BCUT2D eigenvalue weighted by molar-refractivity contribution is 5.20. The van der Waals surface area contributed by atoms with Gasteiger partial charge in [-0.25, -0.2) is 0 Å². The van der Waals surface area contributed by atoms with E-state index in [0.29, 0.717) is 0 Å². The molecule has 74 valence electrons. The molecule has 0 radical (unpaired) electrons. The Bertz CT molecular complexity index is 430. The third kappa shape index (κ3) is 1.44. The van der Waals surface area contributed by atoms with Gasteiger partial charge in [0.2, 0.25) is 0 Å². The SMILES string of the molecule is Cc1ccc(C(N)c2ccnn2C)o1. The van der Waals surface area contributed by atoms with Crippen molar-refractivity contribution < 1.29 is 4.42 Å². The van der Waals surface area contributed by atoms with Crippen LogP contribution in [0.25, 0.3) is 0 Å². The predicted octanol–water partition coefficient (Wildman–Crippen LogP) is 1.37. The Hall–Kier alpha value is -1.55. The largest absolute Gasteiger partial charge is 0.464 e. The van der Waals surface area contributed by atoms with Gasteiger partial charge in [0.1, 0.15) is 17.6 Å². The number of nitrogens with two attached hydrogens (primary N) is 1. The minimum absolute atomic E-state index is 0.240. The van der Waals surface area contributed by atoms with Crippen LogP contribution < -0.4 is 5.73 Å². The van der Waals surface area contributed by atoms with E-state index in [1.54, 1.807) is 10.9 Å². The highest BCUT2D eigenvalue weighted by Crippen LogP contribution is 2.20. The van der Waals surface area contributed by atoms with E-state index in [1.807, 2.05) is 32.2 Å². The minimum Gasteiger partial charge on any atom is -0.464 e. The Kier molecular flexibility index (Phi) is 2.13. The van der Waals surface area contributed by atoms with Crippen LogP contribution in [0.1, 0.15) is 23.3 Å². The van der Waals surface area contributed by atoms with Gasteiger partial charge < -0.3 is 10.2 Å². The lowest BCUT2D eigenvalue weighted by atomic mass is 10.2. The third-order valence-corrected chi connectivity index (χ3v) is 2.25. The Balaban J connectivity index is 2.33. The number of nitrogens with zero attached hydrogens (tertiary/aromatic N) is 2. The molecule has 4 nitrogen and oxygen atoms in total. The summed E-state index contributed by atoms with van der Waals surface area (Å²) in [4.78, 5) is 0. The van der Waals surface area contributed by atoms with Crippen molar-refractivity contribution >= 4 is 0 Å². The molecule has 0 saturated heterocycles. The molecule has 1 unspecified atom stereocenters. The van der Waals surface area contributed by atoms with Gasteiger partial charge in [0.15, 0.2) is 0 Å². The van der Waals surface area contributed by atoms with Crippen LogP contribution in [0.2, 0.25) is 0 Å². The Morgan fingerprint density at radius 3 is 2.71 bits per heavy atom. The molecular weight excluding hydrogens is 178 g/mol. The monoisotopic (exact) mass is 191 g/mol. The molecule has 14 heavy (non-hydrogen) atoms. The number of aromatic nitrogens is 2. The van der Waals surface area contributed by atoms with Crippen LogP contribution in [0.3, 0.4) is 0 Å². The standard InChI is InChI=1S/C10H13N3O/c1-7-3-4-9(14-7)10(11)8-5-6-12-13(8)2/h3-6,10H,11H2,1-2H3. The van der Waals surface area contributed by atoms with Crippen LogP contribution in [-0.4, -0.2) is 9.78 Å². The highest BCUT2D eigenvalue weighted by atomic mass is 16.3. The fourth-order valence-corrected chi connectivity index (χ4v) is 1.46. The summed E-state index contributed by atoms with van der Waals surface area (Å²) < 4.78 is 7.21. The number of rotatable bonds is 2. The van der Waals surface area contributed by atoms with E-state index in [4.69, 9.17) is 10.2 Å². The van der Waals surface area contributed by atoms with Crippen molar-refractivity contribution in [3.05, 3.63) is 41.6 Å². The van der Waals surface area contributed by atoms with Gasteiger partial charge in [0.25, 0.3) is 0 Å². The number of aryl methyl sites for hydroxylation is 2. The van der Waals surface area contributed by atoms with Crippen molar-refractivity contribution in [2.24, 2.45) is 12.8 Å². The van der Waals surface area contributed by atoms with Gasteiger partial charge in [0.05, 0.1) is 5.69 Å². The van der Waals surface area contributed by atoms with Crippen molar-refractivity contribution in [1.29, 1.82) is 0 Å². The fourth-order valence-electron chi connectivity index (χ4n) is 1.46. The van der Waals surface area contributed by atoms with Gasteiger partial charge in [-0.2, -0.15) is 5.10 Å². The van der Waals surface area contributed by atoms with E-state index in [0.717, 1.165) is 17.2 Å². The number of hydrogen-bond donors (Lipinski definition) is 1. The zero-order valence-corrected chi connectivity index (χ0v) is 8.27. The molecule has 0 spiro atoms. The molecule has 0 aliphatic rings. The molecule has 0 aliphatic carbocycles. The van der Waals surface area contributed by atoms with Crippen LogP contribution in [0.15, 0.2) is 28.8 Å². The molecule has 0 aliphatic heterocycles. The van der Waals surface area contributed by atoms with Crippen LogP contribution in [-0.2, 0) is 7.05 Å². The summed E-state index contributed by atoms with van der Waals surface area (Å²) in [5.74, 6) is 1.64. The average molecular weight is 191 g/mol. The topological polar surface area (TPSA) is 57.0 Å². The second-order valence-corrected chi connectivity index (χ2v) is 3.31. The lowest BCUT2D eigenvalue weighted by molar-refractivity contribution is 0.457. The number of furan rings is 1. The lowest BCUT2D eigenvalue weighted by Gasteiger charge is -2.08. The quantitative estimate of drug-likeness (QED) is 0.780. The maximum atomic E-state index is 6.02. The van der Waals surface area contributed by atoms with Crippen LogP contribution in [0.4, 0.5) is 0 Å². The first-order valence-electron chi connectivity index (χ1n) is 4.48. The minimum atomic E-state index is -0.240. The first-order chi connectivity index (χ1) is 6.68. The molecule has 0 bridgehead atoms. The van der Waals surface area contributed by atoms with Gasteiger partial charge in [-0.05, 0) is 25.1 Å². The average Bonchev–Trinajstić information content (AvgIpc) is 2.73. The molecule has 2 aromatic rings. The molecule has 2 heterocycles. The smallest absolute Gasteiger partial charge is 0.126 e. The summed E-state index contributed by atoms with van der Waals surface area (Å²) in [6.45, 7) is 1.90. The van der Waals surface area contributed by atoms with Crippen LogP contribution >= 0.6 is 0 Å². The summed E-state index contributed by atoms with van der Waals surface area (Å²) in [7, 11) is 1.87. The molecule has 0 aromatic carbocycles. The Morgan fingerprint density at radius 2 is 2.21 bits per heavy atom. The molecule has 1 atom stereocenters. The summed E-state index contributed by atoms with van der Waals surface area (Å²) >= 11 is 0. The van der Waals surface area contributed by atoms with Gasteiger partial charge in [-0.15, -0.1) is 0 Å². The first-order valence-corrected chi connectivity index (χ1v) is 4.48. The summed E-state index contributed by atoms with van der Waals surface area (Å²) in [5.41, 5.74) is 6.96. The van der Waals surface area contributed by atoms with E-state index < -0.39 is 0 Å². The van der Waals surface area contributed by atoms with Crippen molar-refractivity contribution in [2.45, 2.75) is 13.0 Å². The van der Waals surface area contributed by atoms with Crippen molar-refractivity contribution in [3.63, 3.8) is 0 Å². The Morgan fingerprint density at radius 1 is 1.43 bits per heavy atom. The van der Waals surface area contributed by atoms with Gasteiger partial charge >= 0.3 is 0 Å². The van der Waals surface area contributed by atoms with Crippen molar-refractivity contribution in [2.75, 3.05) is 0 Å². The van der Waals surface area contributed by atoms with Gasteiger partial charge in [-0.1, -0.05) is 0 Å². The summed E-state index contributed by atoms with van der Waals surface area (Å²) in [6, 6.07) is 5.46. The first kappa shape index (κ1) is 9.02. The number of hydrogen-bond acceptors (Lipinski definition) is 3. The highest BCUT2D eigenvalue weighted by Gasteiger charge is 2.15. The van der Waals surface area contributed by atoms with Crippen molar-refractivity contribution in [1.82, 2.24) is 9.78 Å². The lowest BCUT2D eigenvalue weighted by Crippen LogP contribution is -2.15. The van der Waals surface area contributed by atoms with E-state index >= 15 is 0 Å². The second kappa shape index (κ2) is 3.31. The molecular formula is C10H13N3O. The normalized spacial score (nSPS) is 13.1. The maximum Gasteiger partial charge on any atom is 0.126 e. The summed E-state index contributed by atoms with van der Waals surface area (Å²) in [6.07, 6.45) is 1.73. The Labute approximate surface area is 82.3 Å². The van der Waals surface area contributed by atoms with Gasteiger partial charge in [-0.3, -0.25) is 4.68 Å². The van der Waals surface area contributed by atoms with E-state index in [9.17, 15) is 0 Å². The van der Waals surface area contributed by atoms with Crippen molar-refractivity contribution in [3.8, 4) is 0 Å². The molecule has 0 saturated carbocycles. The zero-order chi connectivity index (χ0) is 10.1. The molecule has 2 rings (SSSR count). The molecule has 0 fully saturated rings. The summed E-state index contributed by atoms with van der Waals surface area (Å²) in [5, 5.41) is 4.07. The predicted molar refractivity (Wildman–Crippen MR) is 52.7 cm³/mol. The molecule has 4 heteroatoms. The molecule has 2 aromatic heterocycles. The third-order valence-electron chi connectivity index (χ3n) is 2.25. The van der Waals surface area contributed by atoms with E-state index in [2.05, 4.69) is 5.10 Å². The fraction of sp³-hybridized carbons (Fsp3) is 0.300. The van der Waals surface area contributed by atoms with Gasteiger partial charge in [0, 0.05) is 13.2 Å². The maximum absolute atomic E-state index is 6.02. The van der Waals surface area contributed by atoms with Crippen LogP contribution in [0.5, 0.6) is 0 Å². The van der Waals surface area contributed by atoms with E-state index in [1.165, 1.54) is 0 Å². The molecule has 0 amide bonds.